The monoisotopic (exact) mass is 368 g/mol. The first-order valence-electron chi connectivity index (χ1n) is 8.56. The van der Waals surface area contributed by atoms with Crippen LogP contribution in [0.1, 0.15) is 31.1 Å². The molecule has 0 aromatic heterocycles. The van der Waals surface area contributed by atoms with Crippen LogP contribution in [-0.4, -0.2) is 66.0 Å². The van der Waals surface area contributed by atoms with Crippen molar-refractivity contribution >= 4 is 17.8 Å². The van der Waals surface area contributed by atoms with E-state index < -0.39 is 5.97 Å². The van der Waals surface area contributed by atoms with E-state index in [1.165, 1.54) is 12.1 Å². The van der Waals surface area contributed by atoms with Gasteiger partial charge in [0.25, 0.3) is 11.8 Å². The van der Waals surface area contributed by atoms with Gasteiger partial charge in [0.2, 0.25) is 0 Å². The van der Waals surface area contributed by atoms with Gasteiger partial charge < -0.3 is 19.6 Å². The van der Waals surface area contributed by atoms with Crippen LogP contribution in [0, 0.1) is 0 Å². The van der Waals surface area contributed by atoms with Crippen molar-refractivity contribution in [2.75, 3.05) is 33.3 Å². The fraction of sp³-hybridized carbons (Fsp3) is 0.250. The maximum atomic E-state index is 12.7. The molecule has 2 aromatic carbocycles. The van der Waals surface area contributed by atoms with Gasteiger partial charge in [-0.05, 0) is 30.3 Å². The number of carbonyl (C=O) groups excluding carboxylic acids is 2. The lowest BCUT2D eigenvalue weighted by molar-refractivity contribution is 0.0531. The van der Waals surface area contributed by atoms with Gasteiger partial charge in [0, 0.05) is 31.7 Å². The standard InChI is InChI=1S/C20H20N2O5/c1-27-15-6-4-5-14(13-15)18(23)21-9-11-22(12-10-21)19(24)16-7-2-3-8-17(16)20(25)26/h2-8,13H,9-12H2,1H3,(H,25,26). The smallest absolute Gasteiger partial charge is 0.336 e. The average Bonchev–Trinajstić information content (AvgIpc) is 2.72. The number of aromatic carboxylic acids is 1. The number of benzene rings is 2. The van der Waals surface area contributed by atoms with E-state index in [9.17, 15) is 19.5 Å². The zero-order valence-electron chi connectivity index (χ0n) is 14.9. The van der Waals surface area contributed by atoms with Crippen molar-refractivity contribution in [3.05, 3.63) is 65.2 Å². The van der Waals surface area contributed by atoms with Gasteiger partial charge in [0.1, 0.15) is 5.75 Å². The number of methoxy groups -OCH3 is 1. The SMILES string of the molecule is COc1cccc(C(=O)N2CCN(C(=O)c3ccccc3C(=O)O)CC2)c1. The lowest BCUT2D eigenvalue weighted by Gasteiger charge is -2.35. The number of carboxylic acids is 1. The Morgan fingerprint density at radius 2 is 1.44 bits per heavy atom. The molecule has 0 saturated carbocycles. The molecule has 2 amide bonds. The predicted molar refractivity (Wildman–Crippen MR) is 98.2 cm³/mol. The van der Waals surface area contributed by atoms with Crippen molar-refractivity contribution in [1.82, 2.24) is 9.80 Å². The molecule has 140 valence electrons. The molecular weight excluding hydrogens is 348 g/mol. The van der Waals surface area contributed by atoms with E-state index in [1.807, 2.05) is 0 Å². The molecule has 0 spiro atoms. The lowest BCUT2D eigenvalue weighted by atomic mass is 10.1. The first-order chi connectivity index (χ1) is 13.0. The Kier molecular flexibility index (Phi) is 5.40. The first kappa shape index (κ1) is 18.4. The number of rotatable bonds is 4. The number of piperazine rings is 1. The summed E-state index contributed by atoms with van der Waals surface area (Å²) in [5, 5.41) is 9.26. The summed E-state index contributed by atoms with van der Waals surface area (Å²) in [7, 11) is 1.54. The van der Waals surface area contributed by atoms with Gasteiger partial charge >= 0.3 is 5.97 Å². The fourth-order valence-electron chi connectivity index (χ4n) is 3.08. The van der Waals surface area contributed by atoms with Gasteiger partial charge in [-0.1, -0.05) is 18.2 Å². The minimum absolute atomic E-state index is 0.0163. The molecule has 0 aliphatic carbocycles. The Labute approximate surface area is 156 Å². The summed E-state index contributed by atoms with van der Waals surface area (Å²) in [5.41, 5.74) is 0.681. The summed E-state index contributed by atoms with van der Waals surface area (Å²) in [6, 6.07) is 13.1. The molecule has 3 rings (SSSR count). The first-order valence-corrected chi connectivity index (χ1v) is 8.56. The molecular formula is C20H20N2O5. The van der Waals surface area contributed by atoms with E-state index in [2.05, 4.69) is 0 Å². The van der Waals surface area contributed by atoms with Crippen LogP contribution < -0.4 is 4.74 Å². The highest BCUT2D eigenvalue weighted by molar-refractivity contribution is 6.05. The van der Waals surface area contributed by atoms with Gasteiger partial charge in [-0.25, -0.2) is 4.79 Å². The molecule has 0 radical (unpaired) electrons. The summed E-state index contributed by atoms with van der Waals surface area (Å²) in [4.78, 5) is 39.9. The van der Waals surface area contributed by atoms with Crippen molar-refractivity contribution in [1.29, 1.82) is 0 Å². The van der Waals surface area contributed by atoms with Crippen LogP contribution in [0.2, 0.25) is 0 Å². The molecule has 1 fully saturated rings. The molecule has 2 aromatic rings. The Bertz CT molecular complexity index is 872. The highest BCUT2D eigenvalue weighted by atomic mass is 16.5. The highest BCUT2D eigenvalue weighted by Gasteiger charge is 2.27. The second-order valence-corrected chi connectivity index (χ2v) is 6.17. The maximum Gasteiger partial charge on any atom is 0.336 e. The van der Waals surface area contributed by atoms with Crippen LogP contribution in [0.5, 0.6) is 5.75 Å². The van der Waals surface area contributed by atoms with Gasteiger partial charge in [-0.15, -0.1) is 0 Å². The molecule has 1 saturated heterocycles. The van der Waals surface area contributed by atoms with E-state index in [0.29, 0.717) is 37.5 Å². The van der Waals surface area contributed by atoms with Crippen molar-refractivity contribution < 1.29 is 24.2 Å². The molecule has 1 aliphatic heterocycles. The topological polar surface area (TPSA) is 87.2 Å². The minimum Gasteiger partial charge on any atom is -0.497 e. The van der Waals surface area contributed by atoms with Gasteiger partial charge in [-0.2, -0.15) is 0 Å². The van der Waals surface area contributed by atoms with Crippen LogP contribution in [0.4, 0.5) is 0 Å². The second-order valence-electron chi connectivity index (χ2n) is 6.17. The van der Waals surface area contributed by atoms with E-state index in [0.717, 1.165) is 0 Å². The summed E-state index contributed by atoms with van der Waals surface area (Å²) < 4.78 is 5.15. The van der Waals surface area contributed by atoms with Crippen LogP contribution >= 0.6 is 0 Å². The van der Waals surface area contributed by atoms with E-state index in [4.69, 9.17) is 4.74 Å². The molecule has 1 N–H and O–H groups in total. The summed E-state index contributed by atoms with van der Waals surface area (Å²) in [6.45, 7) is 1.47. The quantitative estimate of drug-likeness (QED) is 0.892. The van der Waals surface area contributed by atoms with Crippen LogP contribution in [0.25, 0.3) is 0 Å². The zero-order valence-corrected chi connectivity index (χ0v) is 14.9. The number of hydrogen-bond acceptors (Lipinski definition) is 4. The molecule has 0 atom stereocenters. The van der Waals surface area contributed by atoms with Gasteiger partial charge in [-0.3, -0.25) is 9.59 Å². The zero-order chi connectivity index (χ0) is 19.4. The second kappa shape index (κ2) is 7.90. The van der Waals surface area contributed by atoms with Crippen LogP contribution in [0.3, 0.4) is 0 Å². The Morgan fingerprint density at radius 3 is 2.04 bits per heavy atom. The summed E-state index contributed by atoms with van der Waals surface area (Å²) >= 11 is 0. The fourth-order valence-corrected chi connectivity index (χ4v) is 3.08. The molecule has 0 bridgehead atoms. The van der Waals surface area contributed by atoms with E-state index in [1.54, 1.807) is 53.3 Å². The normalized spacial score (nSPS) is 14.0. The van der Waals surface area contributed by atoms with Gasteiger partial charge in [0.05, 0.1) is 18.2 Å². The molecule has 1 aliphatic rings. The van der Waals surface area contributed by atoms with Crippen LogP contribution in [0.15, 0.2) is 48.5 Å². The molecule has 0 unspecified atom stereocenters. The lowest BCUT2D eigenvalue weighted by Crippen LogP contribution is -2.50. The number of amides is 2. The predicted octanol–water partition coefficient (Wildman–Crippen LogP) is 1.99. The van der Waals surface area contributed by atoms with Gasteiger partial charge in [0.15, 0.2) is 0 Å². The maximum absolute atomic E-state index is 12.7. The van der Waals surface area contributed by atoms with Crippen molar-refractivity contribution in [2.24, 2.45) is 0 Å². The third-order valence-electron chi connectivity index (χ3n) is 4.56. The summed E-state index contributed by atoms with van der Waals surface area (Å²) in [5.74, 6) is -0.973. The van der Waals surface area contributed by atoms with Crippen LogP contribution in [-0.2, 0) is 0 Å². The third kappa shape index (κ3) is 3.92. The Hall–Kier alpha value is -3.35. The minimum atomic E-state index is -1.13. The molecule has 1 heterocycles. The number of nitrogens with zero attached hydrogens (tertiary/aromatic N) is 2. The number of carboxylic acid groups (broad SMARTS) is 1. The Balaban J connectivity index is 1.67. The van der Waals surface area contributed by atoms with E-state index >= 15 is 0 Å². The number of carbonyl (C=O) groups is 3. The van der Waals surface area contributed by atoms with Crippen molar-refractivity contribution in [3.63, 3.8) is 0 Å². The number of ether oxygens (including phenoxy) is 1. The largest absolute Gasteiger partial charge is 0.497 e. The molecule has 7 heteroatoms. The average molecular weight is 368 g/mol. The molecule has 27 heavy (non-hydrogen) atoms. The van der Waals surface area contributed by atoms with E-state index in [-0.39, 0.29) is 22.9 Å². The Morgan fingerprint density at radius 1 is 0.852 bits per heavy atom. The summed E-state index contributed by atoms with van der Waals surface area (Å²) in [6.07, 6.45) is 0. The number of hydrogen-bond donors (Lipinski definition) is 1. The molecule has 7 nitrogen and oxygen atoms in total. The highest BCUT2D eigenvalue weighted by Crippen LogP contribution is 2.17. The van der Waals surface area contributed by atoms with Crippen molar-refractivity contribution in [2.45, 2.75) is 0 Å². The van der Waals surface area contributed by atoms with Crippen molar-refractivity contribution in [3.8, 4) is 5.75 Å². The third-order valence-corrected chi connectivity index (χ3v) is 4.56.